The van der Waals surface area contributed by atoms with Gasteiger partial charge in [0.1, 0.15) is 12.1 Å². The van der Waals surface area contributed by atoms with Crippen LogP contribution in [-0.4, -0.2) is 38.8 Å². The molecule has 2 atom stereocenters. The number of hydrogen-bond donors (Lipinski definition) is 1. The SMILES string of the molecule is Cc1noc(C(C)NC(=O)C(C(C)C)N2C(=O)c3ccccc3C2=O)n1. The number of aromatic nitrogens is 2. The first kappa shape index (κ1) is 17.8. The molecule has 8 nitrogen and oxygen atoms in total. The quantitative estimate of drug-likeness (QED) is 0.820. The first-order valence-corrected chi connectivity index (χ1v) is 8.38. The summed E-state index contributed by atoms with van der Waals surface area (Å²) < 4.78 is 5.06. The van der Waals surface area contributed by atoms with Crippen molar-refractivity contribution >= 4 is 17.7 Å². The first-order valence-electron chi connectivity index (χ1n) is 8.38. The second kappa shape index (κ2) is 6.70. The molecule has 0 bridgehead atoms. The van der Waals surface area contributed by atoms with E-state index in [2.05, 4.69) is 15.5 Å². The molecular weight excluding hydrogens is 336 g/mol. The van der Waals surface area contributed by atoms with Crippen molar-refractivity contribution in [1.82, 2.24) is 20.4 Å². The zero-order valence-corrected chi connectivity index (χ0v) is 15.0. The second-order valence-electron chi connectivity index (χ2n) is 6.62. The van der Waals surface area contributed by atoms with Crippen LogP contribution in [0.2, 0.25) is 0 Å². The summed E-state index contributed by atoms with van der Waals surface area (Å²) in [5.74, 6) is -0.907. The molecule has 0 aliphatic carbocycles. The lowest BCUT2D eigenvalue weighted by atomic mass is 10.0. The van der Waals surface area contributed by atoms with Gasteiger partial charge in [0.25, 0.3) is 11.8 Å². The van der Waals surface area contributed by atoms with E-state index in [4.69, 9.17) is 4.52 Å². The average Bonchev–Trinajstić information content (AvgIpc) is 3.13. The predicted molar refractivity (Wildman–Crippen MR) is 91.2 cm³/mol. The van der Waals surface area contributed by atoms with E-state index < -0.39 is 29.8 Å². The van der Waals surface area contributed by atoms with Crippen molar-refractivity contribution in [2.24, 2.45) is 5.92 Å². The summed E-state index contributed by atoms with van der Waals surface area (Å²) in [7, 11) is 0. The molecule has 3 amide bonds. The van der Waals surface area contributed by atoms with Crippen molar-refractivity contribution in [3.05, 3.63) is 47.1 Å². The van der Waals surface area contributed by atoms with Gasteiger partial charge < -0.3 is 9.84 Å². The summed E-state index contributed by atoms with van der Waals surface area (Å²) in [5.41, 5.74) is 0.632. The summed E-state index contributed by atoms with van der Waals surface area (Å²) in [6.45, 7) is 6.95. The standard InChI is InChI=1S/C18H20N4O4/c1-9(2)14(15(23)19-10(3)16-20-11(4)21-26-16)22-17(24)12-7-5-6-8-13(12)18(22)25/h5-10,14H,1-4H3,(H,19,23). The smallest absolute Gasteiger partial charge is 0.262 e. The monoisotopic (exact) mass is 356 g/mol. The minimum absolute atomic E-state index is 0.265. The fraction of sp³-hybridized carbons (Fsp3) is 0.389. The highest BCUT2D eigenvalue weighted by Gasteiger charge is 2.44. The molecule has 1 aliphatic heterocycles. The van der Waals surface area contributed by atoms with E-state index in [1.54, 1.807) is 52.0 Å². The molecule has 8 heteroatoms. The fourth-order valence-corrected chi connectivity index (χ4v) is 3.03. The minimum atomic E-state index is -0.936. The molecule has 3 rings (SSSR count). The van der Waals surface area contributed by atoms with Gasteiger partial charge in [0.15, 0.2) is 5.82 Å². The Labute approximate surface area is 150 Å². The van der Waals surface area contributed by atoms with E-state index in [0.29, 0.717) is 17.0 Å². The van der Waals surface area contributed by atoms with Gasteiger partial charge in [-0.25, -0.2) is 0 Å². The van der Waals surface area contributed by atoms with Gasteiger partial charge in [-0.05, 0) is 31.9 Å². The van der Waals surface area contributed by atoms with Crippen molar-refractivity contribution in [2.45, 2.75) is 39.8 Å². The van der Waals surface area contributed by atoms with Gasteiger partial charge in [-0.2, -0.15) is 4.98 Å². The van der Waals surface area contributed by atoms with E-state index >= 15 is 0 Å². The van der Waals surface area contributed by atoms with Crippen LogP contribution < -0.4 is 5.32 Å². The Morgan fingerprint density at radius 1 is 1.12 bits per heavy atom. The topological polar surface area (TPSA) is 105 Å². The van der Waals surface area contributed by atoms with Gasteiger partial charge in [0.2, 0.25) is 11.8 Å². The van der Waals surface area contributed by atoms with Crippen LogP contribution in [0.1, 0.15) is 59.2 Å². The lowest BCUT2D eigenvalue weighted by Gasteiger charge is -2.29. The number of hydrogen-bond acceptors (Lipinski definition) is 6. The molecule has 1 aromatic heterocycles. The van der Waals surface area contributed by atoms with E-state index in [0.717, 1.165) is 4.90 Å². The summed E-state index contributed by atoms with van der Waals surface area (Å²) in [5, 5.41) is 6.45. The van der Waals surface area contributed by atoms with Gasteiger partial charge in [-0.1, -0.05) is 31.1 Å². The molecule has 1 aliphatic rings. The summed E-state index contributed by atoms with van der Waals surface area (Å²) in [4.78, 5) is 43.4. The molecule has 1 N–H and O–H groups in total. The number of fused-ring (bicyclic) bond motifs is 1. The van der Waals surface area contributed by atoms with Crippen LogP contribution in [0.4, 0.5) is 0 Å². The second-order valence-corrected chi connectivity index (χ2v) is 6.62. The van der Waals surface area contributed by atoms with E-state index in [-0.39, 0.29) is 11.8 Å². The molecule has 2 aromatic rings. The fourth-order valence-electron chi connectivity index (χ4n) is 3.03. The van der Waals surface area contributed by atoms with Crippen LogP contribution >= 0.6 is 0 Å². The average molecular weight is 356 g/mol. The first-order chi connectivity index (χ1) is 12.3. The molecule has 0 saturated carbocycles. The zero-order valence-electron chi connectivity index (χ0n) is 15.0. The van der Waals surface area contributed by atoms with Gasteiger partial charge >= 0.3 is 0 Å². The summed E-state index contributed by atoms with van der Waals surface area (Å²) >= 11 is 0. The number of nitrogens with one attached hydrogen (secondary N) is 1. The molecule has 0 fully saturated rings. The Bertz CT molecular complexity index is 839. The molecule has 1 aromatic carbocycles. The third kappa shape index (κ3) is 2.98. The summed E-state index contributed by atoms with van der Waals surface area (Å²) in [6, 6.07) is 5.09. The van der Waals surface area contributed by atoms with Crippen molar-refractivity contribution in [3.63, 3.8) is 0 Å². The summed E-state index contributed by atoms with van der Waals surface area (Å²) in [6.07, 6.45) is 0. The van der Waals surface area contributed by atoms with Gasteiger partial charge in [-0.3, -0.25) is 19.3 Å². The molecule has 2 heterocycles. The number of rotatable bonds is 5. The largest absolute Gasteiger partial charge is 0.343 e. The van der Waals surface area contributed by atoms with Crippen molar-refractivity contribution in [3.8, 4) is 0 Å². The van der Waals surface area contributed by atoms with Crippen LogP contribution in [-0.2, 0) is 4.79 Å². The number of benzene rings is 1. The van der Waals surface area contributed by atoms with E-state index in [9.17, 15) is 14.4 Å². The Kier molecular flexibility index (Phi) is 4.58. The molecular formula is C18H20N4O4. The van der Waals surface area contributed by atoms with Crippen LogP contribution in [0, 0.1) is 12.8 Å². The lowest BCUT2D eigenvalue weighted by molar-refractivity contribution is -0.127. The molecule has 2 unspecified atom stereocenters. The number of imide groups is 1. The minimum Gasteiger partial charge on any atom is -0.343 e. The Hall–Kier alpha value is -3.03. The normalized spacial score (nSPS) is 16.0. The van der Waals surface area contributed by atoms with Gasteiger partial charge in [0.05, 0.1) is 11.1 Å². The molecule has 0 radical (unpaired) electrons. The third-order valence-electron chi connectivity index (χ3n) is 4.28. The maximum atomic E-state index is 12.9. The predicted octanol–water partition coefficient (Wildman–Crippen LogP) is 1.88. The van der Waals surface area contributed by atoms with Crippen LogP contribution in [0.25, 0.3) is 0 Å². The highest BCUT2D eigenvalue weighted by molar-refractivity contribution is 6.22. The highest BCUT2D eigenvalue weighted by Crippen LogP contribution is 2.27. The highest BCUT2D eigenvalue weighted by atomic mass is 16.5. The Morgan fingerprint density at radius 2 is 1.69 bits per heavy atom. The maximum Gasteiger partial charge on any atom is 0.262 e. The number of amides is 3. The maximum absolute atomic E-state index is 12.9. The van der Waals surface area contributed by atoms with Crippen LogP contribution in [0.15, 0.2) is 28.8 Å². The van der Waals surface area contributed by atoms with Crippen molar-refractivity contribution in [1.29, 1.82) is 0 Å². The Balaban J connectivity index is 1.85. The number of carbonyl (C=O) groups excluding carboxylic acids is 3. The van der Waals surface area contributed by atoms with E-state index in [1.165, 1.54) is 0 Å². The molecule has 0 spiro atoms. The van der Waals surface area contributed by atoms with Crippen LogP contribution in [0.3, 0.4) is 0 Å². The van der Waals surface area contributed by atoms with Crippen molar-refractivity contribution in [2.75, 3.05) is 0 Å². The molecule has 0 saturated heterocycles. The Morgan fingerprint density at radius 3 is 2.15 bits per heavy atom. The number of carbonyl (C=O) groups is 3. The van der Waals surface area contributed by atoms with Crippen molar-refractivity contribution < 1.29 is 18.9 Å². The van der Waals surface area contributed by atoms with E-state index in [1.807, 2.05) is 0 Å². The van der Waals surface area contributed by atoms with Gasteiger partial charge in [0, 0.05) is 0 Å². The molecule has 26 heavy (non-hydrogen) atoms. The van der Waals surface area contributed by atoms with Gasteiger partial charge in [-0.15, -0.1) is 0 Å². The number of aryl methyl sites for hydroxylation is 1. The zero-order chi connectivity index (χ0) is 19.0. The lowest BCUT2D eigenvalue weighted by Crippen LogP contribution is -2.52. The number of nitrogens with zero attached hydrogens (tertiary/aromatic N) is 3. The molecule has 136 valence electrons. The van der Waals surface area contributed by atoms with Crippen LogP contribution in [0.5, 0.6) is 0 Å². The third-order valence-corrected chi connectivity index (χ3v) is 4.28.